The van der Waals surface area contributed by atoms with Crippen molar-refractivity contribution in [1.29, 1.82) is 0 Å². The van der Waals surface area contributed by atoms with Crippen molar-refractivity contribution in [2.75, 3.05) is 0 Å². The van der Waals surface area contributed by atoms with Crippen molar-refractivity contribution in [2.24, 2.45) is 9.98 Å². The molecule has 2 nitrogen and oxygen atoms in total. The normalized spacial score (nSPS) is 10.3. The Morgan fingerprint density at radius 3 is 1.25 bits per heavy atom. The van der Waals surface area contributed by atoms with Gasteiger partial charge in [-0.2, -0.15) is 0 Å². The van der Waals surface area contributed by atoms with E-state index in [1.807, 2.05) is 60.7 Å². The van der Waals surface area contributed by atoms with E-state index in [4.69, 9.17) is 17.4 Å². The van der Waals surface area contributed by atoms with Crippen LogP contribution in [0.1, 0.15) is 0 Å². The van der Waals surface area contributed by atoms with Crippen molar-refractivity contribution in [1.82, 2.24) is 0 Å². The minimum atomic E-state index is -2.24. The summed E-state index contributed by atoms with van der Waals surface area (Å²) in [5.41, 5.74) is 1.86. The Labute approximate surface area is 140 Å². The van der Waals surface area contributed by atoms with Crippen LogP contribution in [-0.4, -0.2) is 12.4 Å². The molecule has 2 aromatic rings. The first-order valence-electron chi connectivity index (χ1n) is 5.69. The number of rotatable bonds is 3. The first-order valence-corrected chi connectivity index (χ1v) is 17.7. The molecule has 0 aliphatic rings. The maximum absolute atomic E-state index is 5.02. The van der Waals surface area contributed by atoms with Gasteiger partial charge in [-0.15, -0.1) is 0 Å². The summed E-state index contributed by atoms with van der Waals surface area (Å²) in [6.45, 7) is 0. The van der Waals surface area contributed by atoms with E-state index in [0.717, 1.165) is 11.4 Å². The molecule has 0 N–H and O–H groups in total. The van der Waals surface area contributed by atoms with E-state index in [1.54, 1.807) is 12.4 Å². The van der Waals surface area contributed by atoms with Gasteiger partial charge in [-0.05, 0) is 24.3 Å². The summed E-state index contributed by atoms with van der Waals surface area (Å²) in [6, 6.07) is 19.6. The molecule has 0 amide bonds. The molecule has 0 heterocycles. The topological polar surface area (TPSA) is 24.7 Å². The van der Waals surface area contributed by atoms with Crippen molar-refractivity contribution in [3.8, 4) is 0 Å². The van der Waals surface area contributed by atoms with E-state index in [-0.39, 0.29) is 0 Å². The average molecular weight is 459 g/mol. The number of nitrogens with zero attached hydrogens (tertiary/aromatic N) is 2. The third kappa shape index (κ3) is 9.83. The Balaban J connectivity index is 0.000000444. The summed E-state index contributed by atoms with van der Waals surface area (Å²) in [7, 11) is 0. The molecule has 0 spiro atoms. The van der Waals surface area contributed by atoms with Crippen LogP contribution in [-0.2, 0) is 0 Å². The van der Waals surface area contributed by atoms with E-state index in [1.165, 1.54) is 0 Å². The van der Waals surface area contributed by atoms with Crippen LogP contribution in [0.15, 0.2) is 70.6 Å². The zero-order valence-corrected chi connectivity index (χ0v) is 15.9. The Bertz CT molecular complexity index is 480. The molecule has 0 aliphatic carbocycles. The van der Waals surface area contributed by atoms with Gasteiger partial charge >= 0.3 is 47.3 Å². The van der Waals surface area contributed by atoms with Crippen LogP contribution < -0.4 is 0 Å². The summed E-state index contributed by atoms with van der Waals surface area (Å²) in [4.78, 5) is 8.49. The number of halogens is 3. The molecule has 0 aromatic heterocycles. The molecule has 0 fully saturated rings. The zero-order valence-electron chi connectivity index (χ0n) is 10.5. The Hall–Kier alpha value is 0.000649. The van der Waals surface area contributed by atoms with Gasteiger partial charge in [-0.25, -0.2) is 0 Å². The molecular formula is C14H12Cl3N2Nd. The van der Waals surface area contributed by atoms with Gasteiger partial charge in [-0.3, -0.25) is 9.98 Å². The fourth-order valence-electron chi connectivity index (χ4n) is 1.27. The molecule has 0 unspecified atom stereocenters. The molecule has 20 heavy (non-hydrogen) atoms. The Morgan fingerprint density at radius 2 is 0.950 bits per heavy atom. The summed E-state index contributed by atoms with van der Waals surface area (Å²) >= 11 is -2.24. The predicted molar refractivity (Wildman–Crippen MR) is 86.7 cm³/mol. The fraction of sp³-hybridized carbons (Fsp3) is 0. The summed E-state index contributed by atoms with van der Waals surface area (Å²) in [5.74, 6) is 15.1. The van der Waals surface area contributed by atoms with E-state index < -0.39 is 29.9 Å². The van der Waals surface area contributed by atoms with Gasteiger partial charge in [-0.1, -0.05) is 36.4 Å². The van der Waals surface area contributed by atoms with Crippen LogP contribution in [0, 0.1) is 29.9 Å². The number of benzene rings is 2. The van der Waals surface area contributed by atoms with Gasteiger partial charge in [0.15, 0.2) is 0 Å². The van der Waals surface area contributed by atoms with Gasteiger partial charge in [0.05, 0.1) is 11.4 Å². The first kappa shape index (κ1) is 18.1. The third-order valence-corrected chi connectivity index (χ3v) is 2.03. The van der Waals surface area contributed by atoms with Crippen molar-refractivity contribution >= 4 is 41.2 Å². The second-order valence-corrected chi connectivity index (χ2v) is 17.5. The summed E-state index contributed by atoms with van der Waals surface area (Å²) in [6.07, 6.45) is 3.39. The molecule has 0 saturated heterocycles. The van der Waals surface area contributed by atoms with Crippen molar-refractivity contribution < 1.29 is 29.9 Å². The van der Waals surface area contributed by atoms with Gasteiger partial charge in [0.2, 0.25) is 0 Å². The van der Waals surface area contributed by atoms with E-state index in [9.17, 15) is 0 Å². The van der Waals surface area contributed by atoms with Crippen LogP contribution in [0.2, 0.25) is 0 Å². The molecule has 0 aliphatic heterocycles. The van der Waals surface area contributed by atoms with Gasteiger partial charge in [0.25, 0.3) is 0 Å². The fourth-order valence-corrected chi connectivity index (χ4v) is 1.27. The molecule has 2 rings (SSSR count). The SMILES string of the molecule is C(C=Nc1ccccc1)=Nc1ccccc1.[Cl][Nd]([Cl])[Cl]. The van der Waals surface area contributed by atoms with Crippen LogP contribution in [0.5, 0.6) is 0 Å². The number of para-hydroxylation sites is 2. The van der Waals surface area contributed by atoms with Crippen LogP contribution >= 0.6 is 17.4 Å². The molecule has 0 bridgehead atoms. The second-order valence-electron chi connectivity index (χ2n) is 3.44. The predicted octanol–water partition coefficient (Wildman–Crippen LogP) is 5.86. The number of hydrogen-bond acceptors (Lipinski definition) is 2. The Kier molecular flexibility index (Phi) is 10.5. The van der Waals surface area contributed by atoms with Crippen LogP contribution in [0.3, 0.4) is 0 Å². The van der Waals surface area contributed by atoms with Gasteiger partial charge in [0, 0.05) is 12.4 Å². The number of aliphatic imine (C=N–C) groups is 2. The zero-order chi connectivity index (χ0) is 14.6. The molecule has 6 heteroatoms. The van der Waals surface area contributed by atoms with E-state index in [0.29, 0.717) is 0 Å². The molecule has 0 atom stereocenters. The van der Waals surface area contributed by atoms with Crippen molar-refractivity contribution in [3.63, 3.8) is 0 Å². The Morgan fingerprint density at radius 1 is 0.650 bits per heavy atom. The van der Waals surface area contributed by atoms with Crippen LogP contribution in [0.4, 0.5) is 11.4 Å². The molecule has 0 radical (unpaired) electrons. The molecule has 0 saturated carbocycles. The minimum absolute atomic E-state index is 0.932. The van der Waals surface area contributed by atoms with Crippen LogP contribution in [0.25, 0.3) is 0 Å². The average Bonchev–Trinajstić information content (AvgIpc) is 2.45. The monoisotopic (exact) mass is 455 g/mol. The second kappa shape index (κ2) is 11.6. The maximum atomic E-state index is 5.02. The number of hydrogen-bond donors (Lipinski definition) is 0. The summed E-state index contributed by atoms with van der Waals surface area (Å²) in [5, 5.41) is 0. The van der Waals surface area contributed by atoms with Gasteiger partial charge in [0.1, 0.15) is 0 Å². The van der Waals surface area contributed by atoms with E-state index in [2.05, 4.69) is 9.98 Å². The molecule has 103 valence electrons. The third-order valence-electron chi connectivity index (χ3n) is 2.03. The van der Waals surface area contributed by atoms with Crippen molar-refractivity contribution in [2.45, 2.75) is 0 Å². The van der Waals surface area contributed by atoms with Crippen molar-refractivity contribution in [3.05, 3.63) is 60.7 Å². The quantitative estimate of drug-likeness (QED) is 0.515. The molecule has 2 aromatic carbocycles. The molecular weight excluding hydrogens is 447 g/mol. The summed E-state index contributed by atoms with van der Waals surface area (Å²) < 4.78 is 0. The first-order chi connectivity index (χ1) is 9.68. The van der Waals surface area contributed by atoms with Gasteiger partial charge < -0.3 is 0 Å². The standard InChI is InChI=1S/C14H12N2.3ClH.Nd/c1-3-7-13(8-4-1)15-11-12-16-14-9-5-2-6-10-14;;;;/h1-12H;3*1H;/q;;;;+3/p-3. The van der Waals surface area contributed by atoms with E-state index >= 15 is 0 Å².